The summed E-state index contributed by atoms with van der Waals surface area (Å²) < 4.78 is 0. The van der Waals surface area contributed by atoms with Crippen molar-refractivity contribution in [1.82, 2.24) is 5.32 Å². The lowest BCUT2D eigenvalue weighted by Gasteiger charge is -2.18. The molecular formula is C21H45N. The molecule has 0 fully saturated rings. The summed E-state index contributed by atoms with van der Waals surface area (Å²) in [4.78, 5) is 0. The van der Waals surface area contributed by atoms with Crippen LogP contribution in [0.15, 0.2) is 0 Å². The third-order valence-electron chi connectivity index (χ3n) is 4.82. The van der Waals surface area contributed by atoms with Crippen LogP contribution >= 0.6 is 0 Å². The van der Waals surface area contributed by atoms with Gasteiger partial charge < -0.3 is 5.32 Å². The van der Waals surface area contributed by atoms with Gasteiger partial charge in [0.25, 0.3) is 0 Å². The van der Waals surface area contributed by atoms with Crippen LogP contribution in [0, 0.1) is 5.92 Å². The number of hydrogen-bond acceptors (Lipinski definition) is 1. The number of rotatable bonds is 18. The Hall–Kier alpha value is -0.0400. The highest BCUT2D eigenvalue weighted by molar-refractivity contribution is 4.64. The van der Waals surface area contributed by atoms with Gasteiger partial charge in [0.2, 0.25) is 0 Å². The molecule has 0 radical (unpaired) electrons. The fourth-order valence-corrected chi connectivity index (χ4v) is 3.23. The molecule has 0 aromatic heterocycles. The van der Waals surface area contributed by atoms with Crippen molar-refractivity contribution < 1.29 is 0 Å². The monoisotopic (exact) mass is 311 g/mol. The Morgan fingerprint density at radius 1 is 0.545 bits per heavy atom. The molecular weight excluding hydrogens is 266 g/mol. The Morgan fingerprint density at radius 2 is 1.00 bits per heavy atom. The zero-order chi connectivity index (χ0) is 16.3. The molecule has 0 saturated carbocycles. The van der Waals surface area contributed by atoms with Gasteiger partial charge in [-0.2, -0.15) is 0 Å². The van der Waals surface area contributed by atoms with Crippen molar-refractivity contribution in [3.63, 3.8) is 0 Å². The molecule has 1 atom stereocenters. The highest BCUT2D eigenvalue weighted by atomic mass is 14.8. The molecule has 134 valence electrons. The lowest BCUT2D eigenvalue weighted by molar-refractivity contribution is 0.381. The van der Waals surface area contributed by atoms with E-state index in [1.165, 1.54) is 109 Å². The standard InChI is InChI=1S/C21H45N/c1-4-7-10-12-13-15-18-21(17-14-11-8-5-2)20-22-19-16-9-6-3/h21-22H,4-20H2,1-3H3. The average Bonchev–Trinajstić information content (AvgIpc) is 2.53. The molecule has 0 aliphatic carbocycles. The summed E-state index contributed by atoms with van der Waals surface area (Å²) >= 11 is 0. The maximum Gasteiger partial charge on any atom is -0.00205 e. The fraction of sp³-hybridized carbons (Fsp3) is 1.00. The Balaban J connectivity index is 3.69. The van der Waals surface area contributed by atoms with Gasteiger partial charge >= 0.3 is 0 Å². The number of unbranched alkanes of at least 4 members (excludes halogenated alkanes) is 10. The Labute approximate surface area is 142 Å². The van der Waals surface area contributed by atoms with E-state index in [0.29, 0.717) is 0 Å². The van der Waals surface area contributed by atoms with Gasteiger partial charge in [0.05, 0.1) is 0 Å². The Kier molecular flexibility index (Phi) is 19.0. The summed E-state index contributed by atoms with van der Waals surface area (Å²) in [6, 6.07) is 0. The van der Waals surface area contributed by atoms with Crippen molar-refractivity contribution in [2.24, 2.45) is 5.92 Å². The largest absolute Gasteiger partial charge is 0.316 e. The topological polar surface area (TPSA) is 12.0 Å². The molecule has 1 heteroatoms. The Bertz CT molecular complexity index is 190. The molecule has 0 aliphatic heterocycles. The van der Waals surface area contributed by atoms with Crippen molar-refractivity contribution >= 4 is 0 Å². The first-order valence-electron chi connectivity index (χ1n) is 10.6. The van der Waals surface area contributed by atoms with Crippen molar-refractivity contribution in [1.29, 1.82) is 0 Å². The summed E-state index contributed by atoms with van der Waals surface area (Å²) in [5.74, 6) is 0.935. The van der Waals surface area contributed by atoms with Gasteiger partial charge in [-0.3, -0.25) is 0 Å². The first-order chi connectivity index (χ1) is 10.8. The average molecular weight is 312 g/mol. The molecule has 0 bridgehead atoms. The zero-order valence-corrected chi connectivity index (χ0v) is 16.1. The lowest BCUT2D eigenvalue weighted by Crippen LogP contribution is -2.24. The predicted octanol–water partition coefficient (Wildman–Crippen LogP) is 7.10. The maximum absolute atomic E-state index is 3.72. The molecule has 1 nitrogen and oxygen atoms in total. The molecule has 0 aromatic rings. The van der Waals surface area contributed by atoms with Gasteiger partial charge in [-0.05, 0) is 38.3 Å². The van der Waals surface area contributed by atoms with E-state index in [1.54, 1.807) is 0 Å². The molecule has 0 rings (SSSR count). The van der Waals surface area contributed by atoms with E-state index in [-0.39, 0.29) is 0 Å². The van der Waals surface area contributed by atoms with Gasteiger partial charge in [0.15, 0.2) is 0 Å². The summed E-state index contributed by atoms with van der Waals surface area (Å²) in [7, 11) is 0. The van der Waals surface area contributed by atoms with E-state index in [1.807, 2.05) is 0 Å². The van der Waals surface area contributed by atoms with Crippen LogP contribution in [0.5, 0.6) is 0 Å². The highest BCUT2D eigenvalue weighted by Gasteiger charge is 2.08. The van der Waals surface area contributed by atoms with Crippen LogP contribution in [-0.2, 0) is 0 Å². The van der Waals surface area contributed by atoms with Gasteiger partial charge in [0, 0.05) is 0 Å². The molecule has 0 heterocycles. The van der Waals surface area contributed by atoms with Gasteiger partial charge in [0.1, 0.15) is 0 Å². The predicted molar refractivity (Wildman–Crippen MR) is 103 cm³/mol. The minimum Gasteiger partial charge on any atom is -0.316 e. The minimum absolute atomic E-state index is 0.935. The van der Waals surface area contributed by atoms with Crippen LogP contribution in [0.2, 0.25) is 0 Å². The van der Waals surface area contributed by atoms with E-state index in [4.69, 9.17) is 0 Å². The van der Waals surface area contributed by atoms with Crippen molar-refractivity contribution in [3.8, 4) is 0 Å². The van der Waals surface area contributed by atoms with E-state index in [0.717, 1.165) is 5.92 Å². The Morgan fingerprint density at radius 3 is 1.59 bits per heavy atom. The third-order valence-corrected chi connectivity index (χ3v) is 4.82. The first kappa shape index (κ1) is 22.0. The molecule has 1 unspecified atom stereocenters. The second kappa shape index (κ2) is 19.0. The van der Waals surface area contributed by atoms with Crippen LogP contribution in [0.4, 0.5) is 0 Å². The smallest absolute Gasteiger partial charge is 0.00205 e. The van der Waals surface area contributed by atoms with Crippen LogP contribution in [0.3, 0.4) is 0 Å². The molecule has 0 saturated heterocycles. The summed E-state index contributed by atoms with van der Waals surface area (Å²) in [6.07, 6.45) is 21.3. The third kappa shape index (κ3) is 16.3. The van der Waals surface area contributed by atoms with E-state index >= 15 is 0 Å². The lowest BCUT2D eigenvalue weighted by atomic mass is 9.94. The molecule has 0 aromatic carbocycles. The zero-order valence-electron chi connectivity index (χ0n) is 16.1. The number of nitrogens with one attached hydrogen (secondary N) is 1. The summed E-state index contributed by atoms with van der Waals surface area (Å²) in [6.45, 7) is 9.40. The quantitative estimate of drug-likeness (QED) is 0.266. The van der Waals surface area contributed by atoms with Gasteiger partial charge in [-0.15, -0.1) is 0 Å². The van der Waals surface area contributed by atoms with Crippen molar-refractivity contribution in [3.05, 3.63) is 0 Å². The van der Waals surface area contributed by atoms with E-state index < -0.39 is 0 Å². The normalized spacial score (nSPS) is 12.7. The second-order valence-corrected chi connectivity index (χ2v) is 7.18. The van der Waals surface area contributed by atoms with Crippen LogP contribution in [-0.4, -0.2) is 13.1 Å². The van der Waals surface area contributed by atoms with Gasteiger partial charge in [-0.1, -0.05) is 97.8 Å². The highest BCUT2D eigenvalue weighted by Crippen LogP contribution is 2.18. The van der Waals surface area contributed by atoms with Crippen molar-refractivity contribution in [2.45, 2.75) is 117 Å². The minimum atomic E-state index is 0.935. The number of hydrogen-bond donors (Lipinski definition) is 1. The van der Waals surface area contributed by atoms with Crippen LogP contribution < -0.4 is 5.32 Å². The SMILES string of the molecule is CCCCCCCCC(CCCCCC)CNCCCCC. The molecule has 0 aliphatic rings. The molecule has 22 heavy (non-hydrogen) atoms. The van der Waals surface area contributed by atoms with Gasteiger partial charge in [-0.25, -0.2) is 0 Å². The van der Waals surface area contributed by atoms with Crippen LogP contribution in [0.25, 0.3) is 0 Å². The molecule has 0 spiro atoms. The van der Waals surface area contributed by atoms with E-state index in [9.17, 15) is 0 Å². The van der Waals surface area contributed by atoms with E-state index in [2.05, 4.69) is 26.1 Å². The maximum atomic E-state index is 3.72. The fourth-order valence-electron chi connectivity index (χ4n) is 3.23. The summed E-state index contributed by atoms with van der Waals surface area (Å²) in [5.41, 5.74) is 0. The van der Waals surface area contributed by atoms with Crippen molar-refractivity contribution in [2.75, 3.05) is 13.1 Å². The molecule has 0 amide bonds. The first-order valence-corrected chi connectivity index (χ1v) is 10.6. The van der Waals surface area contributed by atoms with Crippen LogP contribution in [0.1, 0.15) is 117 Å². The second-order valence-electron chi connectivity index (χ2n) is 7.18. The molecule has 1 N–H and O–H groups in total. The summed E-state index contributed by atoms with van der Waals surface area (Å²) in [5, 5.41) is 3.72.